The van der Waals surface area contributed by atoms with Crippen molar-refractivity contribution in [1.29, 1.82) is 0 Å². The van der Waals surface area contributed by atoms with E-state index in [1.165, 1.54) is 16.9 Å². The molecule has 0 aromatic heterocycles. The number of methoxy groups -OCH3 is 1. The number of rotatable bonds is 4. The lowest BCUT2D eigenvalue weighted by Gasteiger charge is -2.35. The highest BCUT2D eigenvalue weighted by atomic mass is 16.7. The van der Waals surface area contributed by atoms with Gasteiger partial charge in [0.05, 0.1) is 46.3 Å². The van der Waals surface area contributed by atoms with Crippen molar-refractivity contribution in [1.82, 2.24) is 20.4 Å². The summed E-state index contributed by atoms with van der Waals surface area (Å²) < 4.78 is 40.9. The van der Waals surface area contributed by atoms with Crippen LogP contribution >= 0.6 is 0 Å². The summed E-state index contributed by atoms with van der Waals surface area (Å²) in [7, 11) is 1.31. The first-order valence-corrected chi connectivity index (χ1v) is 25.1. The predicted octanol–water partition coefficient (Wildman–Crippen LogP) is 3.83. The number of carbonyl (C=O) groups is 6. The minimum Gasteiger partial charge on any atom is -0.494 e. The highest BCUT2D eigenvalue weighted by molar-refractivity contribution is 5.93. The summed E-state index contributed by atoms with van der Waals surface area (Å²) in [6.45, 7) is 1.30. The molecule has 12 rings (SSSR count). The third kappa shape index (κ3) is 11.3. The molecule has 69 heavy (non-hydrogen) atoms. The van der Waals surface area contributed by atoms with E-state index >= 15 is 0 Å². The van der Waals surface area contributed by atoms with Crippen molar-refractivity contribution in [3.8, 4) is 11.5 Å². The van der Waals surface area contributed by atoms with Gasteiger partial charge in [-0.25, -0.2) is 9.59 Å². The quantitative estimate of drug-likeness (QED) is 0.372. The molecule has 18 nitrogen and oxygen atoms in total. The van der Waals surface area contributed by atoms with Gasteiger partial charge in [0.25, 0.3) is 0 Å². The number of ether oxygens (including phenoxy) is 7. The van der Waals surface area contributed by atoms with Crippen molar-refractivity contribution in [3.05, 3.63) is 59.7 Å². The Balaban J connectivity index is 0.000000172. The first-order chi connectivity index (χ1) is 33.5. The lowest BCUT2D eigenvalue weighted by molar-refractivity contribution is -0.160. The van der Waals surface area contributed by atoms with Gasteiger partial charge < -0.3 is 58.7 Å². The number of carbonyl (C=O) groups excluding carboxylic acids is 5. The number of hydrogen-bond donors (Lipinski definition) is 3. The lowest BCUT2D eigenvalue weighted by atomic mass is 9.83. The minimum atomic E-state index is -1.13. The number of amides is 4. The van der Waals surface area contributed by atoms with Gasteiger partial charge in [0, 0.05) is 12.8 Å². The highest BCUT2D eigenvalue weighted by Crippen LogP contribution is 2.38. The number of fused-ring (bicyclic) bond motifs is 14. The summed E-state index contributed by atoms with van der Waals surface area (Å²) in [5, 5.41) is 16.0. The molecule has 2 unspecified atom stereocenters. The second-order valence-corrected chi connectivity index (χ2v) is 19.7. The average Bonchev–Trinajstić information content (AvgIpc) is 4.12. The number of nitrogens with one attached hydrogen (secondary N) is 2. The normalized spacial score (nSPS) is 32.5. The van der Waals surface area contributed by atoms with Crippen LogP contribution in [-0.2, 0) is 65.3 Å². The molecule has 0 radical (unpaired) electrons. The number of esters is 1. The Morgan fingerprint density at radius 1 is 0.594 bits per heavy atom. The van der Waals surface area contributed by atoms with Crippen LogP contribution in [0.4, 0.5) is 0 Å². The van der Waals surface area contributed by atoms with E-state index in [2.05, 4.69) is 10.6 Å². The topological polar surface area (TPSA) is 218 Å². The molecule has 0 spiro atoms. The van der Waals surface area contributed by atoms with Crippen LogP contribution in [0.15, 0.2) is 48.5 Å². The van der Waals surface area contributed by atoms with E-state index in [-0.39, 0.29) is 61.4 Å². The van der Waals surface area contributed by atoms with Gasteiger partial charge in [-0.2, -0.15) is 0 Å². The molecule has 374 valence electrons. The summed E-state index contributed by atoms with van der Waals surface area (Å²) >= 11 is 0. The van der Waals surface area contributed by atoms with E-state index < -0.39 is 73.1 Å². The van der Waals surface area contributed by atoms with E-state index in [0.29, 0.717) is 50.4 Å². The summed E-state index contributed by atoms with van der Waals surface area (Å²) in [5.41, 5.74) is 1.62. The Labute approximate surface area is 402 Å². The molecule has 4 saturated heterocycles. The van der Waals surface area contributed by atoms with Crippen LogP contribution in [0, 0.1) is 11.8 Å². The van der Waals surface area contributed by atoms with Crippen molar-refractivity contribution in [2.45, 2.75) is 164 Å². The van der Waals surface area contributed by atoms with Crippen LogP contribution in [0.2, 0.25) is 0 Å². The molecular formula is C51H66N4O14. The van der Waals surface area contributed by atoms with Crippen molar-refractivity contribution in [3.63, 3.8) is 0 Å². The standard InChI is InChI=1S/C26H34N2O7.C25H32N2O7/c1-32-26(31)23-24-19-15-28(23)25(30)22(17-8-3-2-4-9-17)27-20(29)14-16-7-5-10-18(13-16)33-12-6-11-21(34-19)35-24;28-19-13-15-6-4-9-17(12-15)32-11-5-10-20-33-18-14-27(22(25(30)31)23(18)34-20)24(29)21(26-19)16-7-2-1-3-8-16/h5,7,10,13,17,19,21-24H,2-4,6,8-9,11-12,14-15H2,1H3,(H,27,29);4,6,9,12,16,18,20-23H,1-3,5,7-8,10-11,13-14H2,(H,26,28)(H,30,31)/t19-,21?,22-,23-,24-;18-,20?,21-,22-,23-/m00/s1. The first-order valence-electron chi connectivity index (χ1n) is 25.1. The van der Waals surface area contributed by atoms with Gasteiger partial charge in [0.15, 0.2) is 24.7 Å². The molecule has 8 aliphatic heterocycles. The van der Waals surface area contributed by atoms with Gasteiger partial charge in [-0.1, -0.05) is 62.8 Å². The molecule has 8 heterocycles. The molecule has 6 fully saturated rings. The Morgan fingerprint density at radius 2 is 1.04 bits per heavy atom. The van der Waals surface area contributed by atoms with Gasteiger partial charge in [0.2, 0.25) is 23.6 Å². The number of benzene rings is 2. The number of hydrogen-bond acceptors (Lipinski definition) is 13. The summed E-state index contributed by atoms with van der Waals surface area (Å²) in [6, 6.07) is 11.4. The monoisotopic (exact) mass is 958 g/mol. The van der Waals surface area contributed by atoms with Crippen LogP contribution in [0.1, 0.15) is 101 Å². The molecule has 12 bridgehead atoms. The van der Waals surface area contributed by atoms with Crippen molar-refractivity contribution >= 4 is 35.6 Å². The summed E-state index contributed by atoms with van der Waals surface area (Å²) in [4.78, 5) is 81.8. The SMILES string of the molecule is COC(=O)[C@@H]1[C@H]2OC3CCCOc4cccc(c4)CC(=O)N[C@@H](C4CCCCC4)C(=O)N1C[C@@H]2O3.O=C1Cc2cccc(c2)OCCCC2O[C@H]3[C@H](CN(C(=O)[C@H](C4CCCCC4)N1)[C@@H]3C(=O)O)O2. The second-order valence-electron chi connectivity index (χ2n) is 19.7. The smallest absolute Gasteiger partial charge is 0.331 e. The Bertz CT molecular complexity index is 2180. The third-order valence-corrected chi connectivity index (χ3v) is 15.0. The fraction of sp³-hybridized carbons (Fsp3) is 0.647. The zero-order chi connectivity index (χ0) is 48.0. The zero-order valence-corrected chi connectivity index (χ0v) is 39.3. The molecule has 4 amide bonds. The van der Waals surface area contributed by atoms with Gasteiger partial charge in [-0.15, -0.1) is 0 Å². The largest absolute Gasteiger partial charge is 0.494 e. The molecule has 2 aliphatic carbocycles. The number of carboxylic acid groups (broad SMARTS) is 1. The van der Waals surface area contributed by atoms with Crippen molar-refractivity contribution < 1.29 is 67.0 Å². The maximum absolute atomic E-state index is 13.9. The summed E-state index contributed by atoms with van der Waals surface area (Å²) in [5.74, 6) is -1.37. The van der Waals surface area contributed by atoms with Crippen LogP contribution in [-0.4, -0.2) is 145 Å². The maximum Gasteiger partial charge on any atom is 0.331 e. The van der Waals surface area contributed by atoms with E-state index in [0.717, 1.165) is 75.3 Å². The van der Waals surface area contributed by atoms with Gasteiger partial charge in [-0.3, -0.25) is 19.2 Å². The molecule has 18 heteroatoms. The van der Waals surface area contributed by atoms with E-state index in [9.17, 15) is 33.9 Å². The molecule has 2 aromatic carbocycles. The lowest BCUT2D eigenvalue weighted by Crippen LogP contribution is -2.56. The molecule has 3 N–H and O–H groups in total. The average molecular weight is 959 g/mol. The Kier molecular flexibility index (Phi) is 15.7. The first kappa shape index (κ1) is 48.7. The number of carboxylic acids is 1. The zero-order valence-electron chi connectivity index (χ0n) is 39.3. The van der Waals surface area contributed by atoms with Gasteiger partial charge in [0.1, 0.15) is 48.0 Å². The van der Waals surface area contributed by atoms with Gasteiger partial charge >= 0.3 is 11.9 Å². The Morgan fingerprint density at radius 3 is 1.49 bits per heavy atom. The van der Waals surface area contributed by atoms with Crippen molar-refractivity contribution in [2.24, 2.45) is 11.8 Å². The molecule has 10 aliphatic rings. The third-order valence-electron chi connectivity index (χ3n) is 15.0. The molecular weight excluding hydrogens is 893 g/mol. The van der Waals surface area contributed by atoms with E-state index in [1.807, 2.05) is 48.5 Å². The van der Waals surface area contributed by atoms with Crippen molar-refractivity contribution in [2.75, 3.05) is 33.4 Å². The predicted molar refractivity (Wildman–Crippen MR) is 244 cm³/mol. The van der Waals surface area contributed by atoms with Crippen LogP contribution in [0.5, 0.6) is 11.5 Å². The fourth-order valence-corrected chi connectivity index (χ4v) is 11.6. The Hall–Kier alpha value is -5.30. The highest BCUT2D eigenvalue weighted by Gasteiger charge is 2.57. The molecule has 10 atom stereocenters. The molecule has 2 saturated carbocycles. The van der Waals surface area contributed by atoms with Gasteiger partial charge in [-0.05, 0) is 85.8 Å². The van der Waals surface area contributed by atoms with Crippen LogP contribution in [0.3, 0.4) is 0 Å². The van der Waals surface area contributed by atoms with Crippen LogP contribution in [0.25, 0.3) is 0 Å². The van der Waals surface area contributed by atoms with Crippen LogP contribution < -0.4 is 20.1 Å². The fourth-order valence-electron chi connectivity index (χ4n) is 11.6. The summed E-state index contributed by atoms with van der Waals surface area (Å²) in [6.07, 6.45) is 9.22. The minimum absolute atomic E-state index is 0.0188. The maximum atomic E-state index is 13.9. The molecule has 2 aromatic rings. The number of nitrogens with zero attached hydrogens (tertiary/aromatic N) is 2. The van der Waals surface area contributed by atoms with E-state index in [4.69, 9.17) is 33.2 Å². The van der Waals surface area contributed by atoms with E-state index in [1.54, 1.807) is 0 Å². The number of aliphatic carboxylic acids is 1. The second kappa shape index (κ2) is 22.2.